The van der Waals surface area contributed by atoms with Crippen LogP contribution in [-0.2, 0) is 0 Å². The summed E-state index contributed by atoms with van der Waals surface area (Å²) in [4.78, 5) is 25.0. The van der Waals surface area contributed by atoms with Gasteiger partial charge in [-0.05, 0) is 55.4 Å². The van der Waals surface area contributed by atoms with Gasteiger partial charge >= 0.3 is 0 Å². The Labute approximate surface area is 127 Å². The number of hydrogen-bond donors (Lipinski definition) is 2. The third-order valence-corrected chi connectivity index (χ3v) is 7.39. The molecule has 112 valence electrons. The number of H-pyrrole nitrogens is 1. The molecule has 5 unspecified atom stereocenters. The van der Waals surface area contributed by atoms with Gasteiger partial charge in [0.25, 0.3) is 0 Å². The number of aromatic amines is 1. The molecule has 5 heteroatoms. The number of carbonyl (C=O) groups is 1. The number of rotatable bonds is 2. The molecule has 4 aliphatic rings. The van der Waals surface area contributed by atoms with Crippen LogP contribution in [0.1, 0.15) is 42.6 Å². The number of nitrogens with one attached hydrogen (secondary N) is 1. The molecule has 22 heavy (non-hydrogen) atoms. The van der Waals surface area contributed by atoms with Gasteiger partial charge in [-0.3, -0.25) is 4.79 Å². The van der Waals surface area contributed by atoms with Crippen molar-refractivity contribution in [2.24, 2.45) is 22.7 Å². The van der Waals surface area contributed by atoms with E-state index in [-0.39, 0.29) is 16.6 Å². The number of Topliss-reactive ketones (excluding diaryl/α,β-unsaturated/α-hetero) is 1. The molecule has 1 spiro atoms. The Bertz CT molecular complexity index is 860. The van der Waals surface area contributed by atoms with E-state index < -0.39 is 5.60 Å². The summed E-state index contributed by atoms with van der Waals surface area (Å²) < 4.78 is 0. The summed E-state index contributed by atoms with van der Waals surface area (Å²) in [5.41, 5.74) is 0.394. The van der Waals surface area contributed by atoms with Gasteiger partial charge in [0.15, 0.2) is 5.78 Å². The van der Waals surface area contributed by atoms with Crippen molar-refractivity contribution in [3.05, 3.63) is 24.3 Å². The lowest BCUT2D eigenvalue weighted by Gasteiger charge is -2.71. The third kappa shape index (κ3) is 0.959. The van der Waals surface area contributed by atoms with Crippen molar-refractivity contribution in [2.75, 3.05) is 0 Å². The minimum absolute atomic E-state index is 0.0897. The van der Waals surface area contributed by atoms with E-state index in [0.29, 0.717) is 24.0 Å². The average Bonchev–Trinajstić information content (AvgIpc) is 3.11. The van der Waals surface area contributed by atoms with E-state index in [1.54, 1.807) is 6.20 Å². The molecule has 0 aromatic carbocycles. The fourth-order valence-corrected chi connectivity index (χ4v) is 6.86. The standard InChI is InChI=1S/C17H17N3O2/c21-13(12-11-1-2-18-14(11)20-8-19-12)16-5-10-3-9-4-15(22,6-16)7-17(9,10)16/h1-2,8-10,22H,3-7H2,(H,18,19,20). The molecule has 2 aromatic heterocycles. The fourth-order valence-electron chi connectivity index (χ4n) is 6.86. The Morgan fingerprint density at radius 3 is 2.95 bits per heavy atom. The van der Waals surface area contributed by atoms with Crippen molar-refractivity contribution >= 4 is 16.8 Å². The largest absolute Gasteiger partial charge is 0.390 e. The normalized spacial score (nSPS) is 47.1. The first-order chi connectivity index (χ1) is 10.6. The molecule has 5 atom stereocenters. The highest BCUT2D eigenvalue weighted by Gasteiger charge is 2.86. The number of carbonyl (C=O) groups excluding carboxylic acids is 1. The Morgan fingerprint density at radius 1 is 1.27 bits per heavy atom. The van der Waals surface area contributed by atoms with E-state index in [4.69, 9.17) is 0 Å². The van der Waals surface area contributed by atoms with Crippen LogP contribution in [0.3, 0.4) is 0 Å². The molecular formula is C17H17N3O2. The van der Waals surface area contributed by atoms with Crippen LogP contribution >= 0.6 is 0 Å². The van der Waals surface area contributed by atoms with E-state index in [1.807, 2.05) is 6.07 Å². The summed E-state index contributed by atoms with van der Waals surface area (Å²) in [6, 6.07) is 1.88. The van der Waals surface area contributed by atoms with Crippen molar-refractivity contribution in [2.45, 2.75) is 37.7 Å². The summed E-state index contributed by atoms with van der Waals surface area (Å²) >= 11 is 0. The Balaban J connectivity index is 1.53. The maximum atomic E-state index is 13.4. The predicted octanol–water partition coefficient (Wildman–Crippen LogP) is 2.08. The topological polar surface area (TPSA) is 78.9 Å². The lowest BCUT2D eigenvalue weighted by Crippen LogP contribution is -2.69. The second-order valence-corrected chi connectivity index (χ2v) is 8.03. The first kappa shape index (κ1) is 11.8. The zero-order valence-electron chi connectivity index (χ0n) is 12.2. The van der Waals surface area contributed by atoms with Gasteiger partial charge in [0.1, 0.15) is 17.7 Å². The first-order valence-corrected chi connectivity index (χ1v) is 8.13. The van der Waals surface area contributed by atoms with Crippen LogP contribution in [0.5, 0.6) is 0 Å². The van der Waals surface area contributed by atoms with Gasteiger partial charge in [-0.1, -0.05) is 0 Å². The van der Waals surface area contributed by atoms with Crippen molar-refractivity contribution < 1.29 is 9.90 Å². The van der Waals surface area contributed by atoms with Gasteiger partial charge in [-0.15, -0.1) is 0 Å². The zero-order valence-corrected chi connectivity index (χ0v) is 12.2. The fraction of sp³-hybridized carbons (Fsp3) is 0.588. The van der Waals surface area contributed by atoms with Gasteiger partial charge in [0.05, 0.1) is 5.60 Å². The first-order valence-electron chi connectivity index (χ1n) is 8.13. The van der Waals surface area contributed by atoms with Crippen LogP contribution in [0, 0.1) is 22.7 Å². The van der Waals surface area contributed by atoms with Crippen molar-refractivity contribution in [1.29, 1.82) is 0 Å². The summed E-state index contributed by atoms with van der Waals surface area (Å²) in [5.74, 6) is 1.36. The van der Waals surface area contributed by atoms with Crippen LogP contribution in [-0.4, -0.2) is 31.4 Å². The number of hydrogen-bond acceptors (Lipinski definition) is 4. The number of fused-ring (bicyclic) bond motifs is 2. The lowest BCUT2D eigenvalue weighted by atomic mass is 9.31. The molecule has 4 aliphatic carbocycles. The van der Waals surface area contributed by atoms with Gasteiger partial charge in [-0.2, -0.15) is 0 Å². The van der Waals surface area contributed by atoms with Crippen LogP contribution in [0.25, 0.3) is 11.0 Å². The maximum Gasteiger partial charge on any atom is 0.188 e. The smallest absolute Gasteiger partial charge is 0.188 e. The van der Waals surface area contributed by atoms with Gasteiger partial charge in [0.2, 0.25) is 0 Å². The van der Waals surface area contributed by atoms with Gasteiger partial charge in [-0.25, -0.2) is 9.97 Å². The third-order valence-electron chi connectivity index (χ3n) is 7.39. The molecule has 2 bridgehead atoms. The van der Waals surface area contributed by atoms with Crippen LogP contribution in [0.15, 0.2) is 18.6 Å². The number of aromatic nitrogens is 3. The molecular weight excluding hydrogens is 278 g/mol. The Morgan fingerprint density at radius 2 is 2.14 bits per heavy atom. The average molecular weight is 295 g/mol. The van der Waals surface area contributed by atoms with Gasteiger partial charge in [0, 0.05) is 17.0 Å². The SMILES string of the molecule is O=C(c1ncnc2[nH]ccc12)C12CC3CC4CC(O)(C1)CC432. The van der Waals surface area contributed by atoms with E-state index in [9.17, 15) is 9.90 Å². The Kier molecular flexibility index (Phi) is 1.68. The summed E-state index contributed by atoms with van der Waals surface area (Å²) in [6.07, 6.45) is 7.81. The molecule has 2 N–H and O–H groups in total. The monoisotopic (exact) mass is 295 g/mol. The van der Waals surface area contributed by atoms with E-state index in [0.717, 1.165) is 30.3 Å². The van der Waals surface area contributed by atoms with Crippen LogP contribution in [0.2, 0.25) is 0 Å². The van der Waals surface area contributed by atoms with Crippen molar-refractivity contribution in [1.82, 2.24) is 15.0 Å². The molecule has 2 heterocycles. The molecule has 0 saturated heterocycles. The van der Waals surface area contributed by atoms with Crippen molar-refractivity contribution in [3.8, 4) is 0 Å². The molecule has 6 rings (SSSR count). The quantitative estimate of drug-likeness (QED) is 0.831. The minimum atomic E-state index is -0.601. The van der Waals surface area contributed by atoms with E-state index in [2.05, 4.69) is 15.0 Å². The number of ketones is 1. The van der Waals surface area contributed by atoms with E-state index >= 15 is 0 Å². The molecule has 4 saturated carbocycles. The van der Waals surface area contributed by atoms with Gasteiger partial charge < -0.3 is 10.1 Å². The molecule has 0 aliphatic heterocycles. The predicted molar refractivity (Wildman–Crippen MR) is 78.1 cm³/mol. The maximum absolute atomic E-state index is 13.4. The molecule has 5 nitrogen and oxygen atoms in total. The molecule has 2 aromatic rings. The highest BCUT2D eigenvalue weighted by molar-refractivity contribution is 6.09. The molecule has 0 amide bonds. The second kappa shape index (κ2) is 3.13. The second-order valence-electron chi connectivity index (χ2n) is 8.03. The molecule has 0 radical (unpaired) electrons. The Hall–Kier alpha value is -1.75. The highest BCUT2D eigenvalue weighted by Crippen LogP contribution is 2.87. The zero-order chi connectivity index (χ0) is 14.7. The minimum Gasteiger partial charge on any atom is -0.390 e. The number of aliphatic hydroxyl groups is 1. The summed E-state index contributed by atoms with van der Waals surface area (Å²) in [7, 11) is 0. The highest BCUT2D eigenvalue weighted by atomic mass is 16.3. The van der Waals surface area contributed by atoms with Crippen LogP contribution in [0.4, 0.5) is 0 Å². The number of nitrogens with zero attached hydrogens (tertiary/aromatic N) is 2. The van der Waals surface area contributed by atoms with Crippen molar-refractivity contribution in [3.63, 3.8) is 0 Å². The molecule has 4 fully saturated rings. The van der Waals surface area contributed by atoms with Crippen LogP contribution < -0.4 is 0 Å². The van der Waals surface area contributed by atoms with E-state index in [1.165, 1.54) is 12.7 Å². The lowest BCUT2D eigenvalue weighted by molar-refractivity contribution is -0.221. The summed E-state index contributed by atoms with van der Waals surface area (Å²) in [6.45, 7) is 0. The summed E-state index contributed by atoms with van der Waals surface area (Å²) in [5, 5.41) is 11.7.